The van der Waals surface area contributed by atoms with Gasteiger partial charge in [-0.1, -0.05) is 25.5 Å². The zero-order valence-electron chi connectivity index (χ0n) is 13.0. The topological polar surface area (TPSA) is 102 Å². The molecular weight excluding hydrogens is 300 g/mol. The van der Waals surface area contributed by atoms with Gasteiger partial charge in [0.15, 0.2) is 0 Å². The maximum absolute atomic E-state index is 12.4. The van der Waals surface area contributed by atoms with Crippen LogP contribution in [-0.4, -0.2) is 41.2 Å². The number of imidazole rings is 1. The second kappa shape index (κ2) is 7.39. The van der Waals surface area contributed by atoms with Crippen molar-refractivity contribution in [3.05, 3.63) is 30.1 Å². The minimum Gasteiger partial charge on any atom is -0.370 e. The molecule has 8 heteroatoms. The molecule has 2 rings (SSSR count). The van der Waals surface area contributed by atoms with E-state index < -0.39 is 18.1 Å². The fraction of sp³-hybridized carbons (Fsp3) is 0.333. The van der Waals surface area contributed by atoms with Gasteiger partial charge in [-0.05, 0) is 18.6 Å². The molecule has 2 amide bonds. The van der Waals surface area contributed by atoms with Crippen LogP contribution in [0.4, 0.5) is 9.59 Å². The number of para-hydroxylation sites is 2. The summed E-state index contributed by atoms with van der Waals surface area (Å²) in [5.74, 6) is -1.24. The Morgan fingerprint density at radius 1 is 1.26 bits per heavy atom. The van der Waals surface area contributed by atoms with Gasteiger partial charge in [0, 0.05) is 13.6 Å². The van der Waals surface area contributed by atoms with Crippen molar-refractivity contribution in [2.45, 2.75) is 19.8 Å². The Balaban J connectivity index is 2.39. The Hall–Kier alpha value is -2.90. The van der Waals surface area contributed by atoms with E-state index in [1.807, 2.05) is 6.92 Å². The monoisotopic (exact) mass is 318 g/mol. The number of benzene rings is 1. The molecule has 0 aliphatic heterocycles. The zero-order chi connectivity index (χ0) is 16.8. The number of nitrogens with zero attached hydrogens (tertiary/aromatic N) is 2. The average molecular weight is 318 g/mol. The van der Waals surface area contributed by atoms with Crippen LogP contribution in [0.3, 0.4) is 0 Å². The molecule has 1 aromatic heterocycles. The molecule has 122 valence electrons. The number of ether oxygens (including phenoxy) is 1. The van der Waals surface area contributed by atoms with Crippen molar-refractivity contribution in [1.29, 1.82) is 0 Å². The molecule has 0 radical (unpaired) electrons. The number of nitrogens with one attached hydrogen (secondary N) is 2. The minimum atomic E-state index is -0.994. The maximum Gasteiger partial charge on any atom is 0.414 e. The molecular formula is C15H18N4O4. The Morgan fingerprint density at radius 3 is 2.70 bits per heavy atom. The quantitative estimate of drug-likeness (QED) is 0.509. The van der Waals surface area contributed by atoms with Gasteiger partial charge in [0.1, 0.15) is 0 Å². The highest BCUT2D eigenvalue weighted by Gasteiger charge is 2.24. The molecule has 0 saturated carbocycles. The largest absolute Gasteiger partial charge is 0.414 e. The van der Waals surface area contributed by atoms with E-state index in [9.17, 15) is 14.4 Å². The summed E-state index contributed by atoms with van der Waals surface area (Å²) in [4.78, 5) is 39.8. The summed E-state index contributed by atoms with van der Waals surface area (Å²) in [6.45, 7) is 2.48. The Kier molecular flexibility index (Phi) is 5.29. The highest BCUT2D eigenvalue weighted by molar-refractivity contribution is 6.01. The normalized spacial score (nSPS) is 10.3. The number of amides is 2. The standard InChI is InChI=1S/C15H18N4O4/c1-3-4-9-17-14(21)19-11-8-6-5-7-10(11)18-12(19)13(20)23-15(22)16-2/h5-8H,3-4,9H2,1-2H3,(H,16,22)(H,17,21). The molecule has 0 bridgehead atoms. The molecule has 0 atom stereocenters. The first-order valence-electron chi connectivity index (χ1n) is 7.28. The van der Waals surface area contributed by atoms with Crippen molar-refractivity contribution in [2.24, 2.45) is 0 Å². The maximum atomic E-state index is 12.4. The van der Waals surface area contributed by atoms with Crippen molar-refractivity contribution in [3.8, 4) is 0 Å². The van der Waals surface area contributed by atoms with Gasteiger partial charge in [-0.3, -0.25) is 0 Å². The number of unbranched alkanes of at least 4 members (excludes halogenated alkanes) is 1. The second-order valence-electron chi connectivity index (χ2n) is 4.77. The number of hydrogen-bond acceptors (Lipinski definition) is 5. The molecule has 1 heterocycles. The van der Waals surface area contributed by atoms with Crippen molar-refractivity contribution >= 4 is 29.1 Å². The van der Waals surface area contributed by atoms with Crippen LogP contribution in [-0.2, 0) is 4.74 Å². The number of alkyl carbamates (subject to hydrolysis) is 1. The molecule has 0 spiro atoms. The number of hydrogen-bond donors (Lipinski definition) is 2. The molecule has 23 heavy (non-hydrogen) atoms. The highest BCUT2D eigenvalue weighted by Crippen LogP contribution is 2.16. The first kappa shape index (κ1) is 16.5. The summed E-state index contributed by atoms with van der Waals surface area (Å²) in [6.07, 6.45) is 0.826. The summed E-state index contributed by atoms with van der Waals surface area (Å²) in [5, 5.41) is 4.89. The molecule has 0 saturated heterocycles. The Bertz CT molecular complexity index is 738. The molecule has 0 unspecified atom stereocenters. The van der Waals surface area contributed by atoms with E-state index in [0.717, 1.165) is 17.4 Å². The summed E-state index contributed by atoms with van der Waals surface area (Å²) < 4.78 is 5.70. The van der Waals surface area contributed by atoms with Crippen LogP contribution in [0, 0.1) is 0 Å². The van der Waals surface area contributed by atoms with E-state index in [-0.39, 0.29) is 5.82 Å². The summed E-state index contributed by atoms with van der Waals surface area (Å²) in [7, 11) is 1.33. The number of carbonyl (C=O) groups excluding carboxylic acids is 3. The van der Waals surface area contributed by atoms with Gasteiger partial charge in [0.25, 0.3) is 0 Å². The predicted octanol–water partition coefficient (Wildman–Crippen LogP) is 1.89. The van der Waals surface area contributed by atoms with Crippen molar-refractivity contribution < 1.29 is 19.1 Å². The molecule has 0 aliphatic rings. The van der Waals surface area contributed by atoms with Gasteiger partial charge >= 0.3 is 18.1 Å². The lowest BCUT2D eigenvalue weighted by atomic mass is 10.3. The van der Waals surface area contributed by atoms with Crippen molar-refractivity contribution in [2.75, 3.05) is 13.6 Å². The summed E-state index contributed by atoms with van der Waals surface area (Å²) >= 11 is 0. The van der Waals surface area contributed by atoms with E-state index >= 15 is 0 Å². The molecule has 1 aromatic carbocycles. The van der Waals surface area contributed by atoms with Gasteiger partial charge in [-0.25, -0.2) is 23.9 Å². The third kappa shape index (κ3) is 3.65. The van der Waals surface area contributed by atoms with Gasteiger partial charge in [-0.2, -0.15) is 0 Å². The lowest BCUT2D eigenvalue weighted by molar-refractivity contribution is 0.0609. The smallest absolute Gasteiger partial charge is 0.370 e. The van der Waals surface area contributed by atoms with E-state index in [1.54, 1.807) is 24.3 Å². The zero-order valence-corrected chi connectivity index (χ0v) is 13.0. The van der Waals surface area contributed by atoms with Crippen LogP contribution in [0.25, 0.3) is 11.0 Å². The fourth-order valence-corrected chi connectivity index (χ4v) is 2.00. The lowest BCUT2D eigenvalue weighted by Crippen LogP contribution is -2.33. The number of fused-ring (bicyclic) bond motifs is 1. The molecule has 0 fully saturated rings. The number of aromatic nitrogens is 2. The van der Waals surface area contributed by atoms with Crippen molar-refractivity contribution in [3.63, 3.8) is 0 Å². The van der Waals surface area contributed by atoms with Gasteiger partial charge in [0.05, 0.1) is 11.0 Å². The second-order valence-corrected chi connectivity index (χ2v) is 4.77. The van der Waals surface area contributed by atoms with Crippen LogP contribution in [0.5, 0.6) is 0 Å². The molecule has 2 N–H and O–H groups in total. The van der Waals surface area contributed by atoms with Crippen LogP contribution in [0.2, 0.25) is 0 Å². The van der Waals surface area contributed by atoms with Crippen LogP contribution >= 0.6 is 0 Å². The number of carbonyl (C=O) groups is 3. The first-order valence-corrected chi connectivity index (χ1v) is 7.28. The summed E-state index contributed by atoms with van der Waals surface area (Å²) in [6, 6.07) is 6.31. The fourth-order valence-electron chi connectivity index (χ4n) is 2.00. The summed E-state index contributed by atoms with van der Waals surface area (Å²) in [5.41, 5.74) is 0.923. The molecule has 2 aromatic rings. The van der Waals surface area contributed by atoms with Crippen molar-refractivity contribution in [1.82, 2.24) is 20.2 Å². The molecule has 0 aliphatic carbocycles. The van der Waals surface area contributed by atoms with Crippen LogP contribution in [0.1, 0.15) is 30.4 Å². The molecule has 8 nitrogen and oxygen atoms in total. The average Bonchev–Trinajstić information content (AvgIpc) is 2.94. The van der Waals surface area contributed by atoms with Gasteiger partial charge < -0.3 is 15.4 Å². The highest BCUT2D eigenvalue weighted by atomic mass is 16.6. The first-order chi connectivity index (χ1) is 11.1. The van der Waals surface area contributed by atoms with Gasteiger partial charge in [-0.15, -0.1) is 0 Å². The Morgan fingerprint density at radius 2 is 2.00 bits per heavy atom. The SMILES string of the molecule is CCCCNC(=O)n1c(C(=O)OC(=O)NC)nc2ccccc21. The number of esters is 1. The Labute approximate surface area is 132 Å². The number of rotatable bonds is 4. The van der Waals surface area contributed by atoms with Gasteiger partial charge in [0.2, 0.25) is 5.82 Å². The van der Waals surface area contributed by atoms with E-state index in [2.05, 4.69) is 20.4 Å². The minimum absolute atomic E-state index is 0.246. The van der Waals surface area contributed by atoms with E-state index in [1.165, 1.54) is 7.05 Å². The third-order valence-electron chi connectivity index (χ3n) is 3.14. The van der Waals surface area contributed by atoms with Crippen LogP contribution in [0.15, 0.2) is 24.3 Å². The third-order valence-corrected chi connectivity index (χ3v) is 3.14. The predicted molar refractivity (Wildman–Crippen MR) is 83.3 cm³/mol. The van der Waals surface area contributed by atoms with Crippen LogP contribution < -0.4 is 10.6 Å². The van der Waals surface area contributed by atoms with E-state index in [0.29, 0.717) is 17.6 Å². The van der Waals surface area contributed by atoms with E-state index in [4.69, 9.17) is 0 Å². The lowest BCUT2D eigenvalue weighted by Gasteiger charge is -2.08.